The highest BCUT2D eigenvalue weighted by molar-refractivity contribution is 9.10. The third-order valence-electron chi connectivity index (χ3n) is 4.36. The second-order valence-electron chi connectivity index (χ2n) is 6.76. The number of hydrogen-bond donors (Lipinski definition) is 0. The number of hydrogen-bond acceptors (Lipinski definition) is 1. The average molecular weight is 381 g/mol. The molecule has 23 heavy (non-hydrogen) atoms. The van der Waals surface area contributed by atoms with Crippen LogP contribution in [-0.2, 0) is 4.79 Å². The fraction of sp³-hybridized carbons (Fsp3) is 0.571. The fourth-order valence-corrected chi connectivity index (χ4v) is 2.61. The van der Waals surface area contributed by atoms with Gasteiger partial charge in [0.05, 0.1) is 0 Å². The molecule has 1 fully saturated rings. The SMILES string of the molecule is C=CC(C)=O.CC(C)c1ccc(Br)cc1.CC1CCCCC1C. The number of rotatable bonds is 2. The van der Waals surface area contributed by atoms with Crippen molar-refractivity contribution in [2.45, 2.75) is 66.2 Å². The average Bonchev–Trinajstić information content (AvgIpc) is 2.52. The van der Waals surface area contributed by atoms with Gasteiger partial charge in [-0.3, -0.25) is 4.79 Å². The highest BCUT2D eigenvalue weighted by Gasteiger charge is 2.15. The van der Waals surface area contributed by atoms with Crippen molar-refractivity contribution in [1.82, 2.24) is 0 Å². The second-order valence-corrected chi connectivity index (χ2v) is 7.68. The molecule has 0 aromatic heterocycles. The Morgan fingerprint density at radius 2 is 1.52 bits per heavy atom. The number of carbonyl (C=O) groups excluding carboxylic acids is 1. The molecule has 1 nitrogen and oxygen atoms in total. The third kappa shape index (κ3) is 11.3. The summed E-state index contributed by atoms with van der Waals surface area (Å²) in [5.41, 5.74) is 1.39. The summed E-state index contributed by atoms with van der Waals surface area (Å²) in [5, 5.41) is 0. The summed E-state index contributed by atoms with van der Waals surface area (Å²) in [4.78, 5) is 9.69. The summed E-state index contributed by atoms with van der Waals surface area (Å²) >= 11 is 3.39. The minimum atomic E-state index is 0.0185. The zero-order valence-electron chi connectivity index (χ0n) is 15.4. The zero-order valence-corrected chi connectivity index (χ0v) is 17.0. The van der Waals surface area contributed by atoms with Gasteiger partial charge in [0.15, 0.2) is 5.78 Å². The quantitative estimate of drug-likeness (QED) is 0.497. The molecule has 130 valence electrons. The molecule has 0 bridgehead atoms. The predicted octanol–water partition coefficient (Wildman–Crippen LogP) is 7.17. The Balaban J connectivity index is 0.000000335. The molecule has 2 heteroatoms. The molecule has 1 saturated carbocycles. The number of allylic oxidation sites excluding steroid dienone is 1. The molecule has 2 rings (SSSR count). The third-order valence-corrected chi connectivity index (χ3v) is 4.89. The zero-order chi connectivity index (χ0) is 17.8. The summed E-state index contributed by atoms with van der Waals surface area (Å²) in [6, 6.07) is 8.45. The second kappa shape index (κ2) is 12.5. The molecular formula is C21H33BrO. The van der Waals surface area contributed by atoms with Gasteiger partial charge in [-0.2, -0.15) is 0 Å². The molecule has 0 spiro atoms. The Bertz CT molecular complexity index is 437. The van der Waals surface area contributed by atoms with E-state index in [1.165, 1.54) is 44.2 Å². The van der Waals surface area contributed by atoms with Crippen molar-refractivity contribution in [3.8, 4) is 0 Å². The van der Waals surface area contributed by atoms with Gasteiger partial charge in [-0.1, -0.05) is 88.0 Å². The summed E-state index contributed by atoms with van der Waals surface area (Å²) < 4.78 is 1.15. The maximum absolute atomic E-state index is 9.69. The van der Waals surface area contributed by atoms with Gasteiger partial charge in [-0.25, -0.2) is 0 Å². The first kappa shape index (κ1) is 22.1. The van der Waals surface area contributed by atoms with Crippen molar-refractivity contribution in [1.29, 1.82) is 0 Å². The lowest BCUT2D eigenvalue weighted by atomic mass is 9.82. The molecule has 0 N–H and O–H groups in total. The molecule has 0 amide bonds. The maximum atomic E-state index is 9.69. The van der Waals surface area contributed by atoms with Crippen LogP contribution in [0.2, 0.25) is 0 Å². The topological polar surface area (TPSA) is 17.1 Å². The van der Waals surface area contributed by atoms with Crippen LogP contribution in [0.15, 0.2) is 41.4 Å². The van der Waals surface area contributed by atoms with Crippen LogP contribution in [0.1, 0.15) is 71.8 Å². The molecule has 1 aliphatic carbocycles. The Morgan fingerprint density at radius 1 is 1.13 bits per heavy atom. The van der Waals surface area contributed by atoms with Gasteiger partial charge in [-0.15, -0.1) is 0 Å². The standard InChI is InChI=1S/C9H11Br.C8H16.C4H6O/c1-7(2)8-3-5-9(10)6-4-8;1-7-5-3-4-6-8(7)2;1-3-4(2)5/h3-7H,1-2H3;7-8H,3-6H2,1-2H3;3H,1H2,2H3. The van der Waals surface area contributed by atoms with Crippen molar-refractivity contribution in [3.05, 3.63) is 47.0 Å². The van der Waals surface area contributed by atoms with Crippen molar-refractivity contribution in [2.24, 2.45) is 11.8 Å². The molecule has 0 heterocycles. The van der Waals surface area contributed by atoms with Crippen molar-refractivity contribution >= 4 is 21.7 Å². The first-order chi connectivity index (χ1) is 10.8. The lowest BCUT2D eigenvalue weighted by molar-refractivity contribution is -0.112. The smallest absolute Gasteiger partial charge is 0.152 e. The largest absolute Gasteiger partial charge is 0.295 e. The lowest BCUT2D eigenvalue weighted by Crippen LogP contribution is -2.12. The fourth-order valence-electron chi connectivity index (χ4n) is 2.35. The van der Waals surface area contributed by atoms with Gasteiger partial charge < -0.3 is 0 Å². The van der Waals surface area contributed by atoms with Crippen molar-refractivity contribution < 1.29 is 4.79 Å². The summed E-state index contributed by atoms with van der Waals surface area (Å²) in [7, 11) is 0. The van der Waals surface area contributed by atoms with Crippen LogP contribution in [0.25, 0.3) is 0 Å². The van der Waals surface area contributed by atoms with E-state index in [9.17, 15) is 4.79 Å². The Hall–Kier alpha value is -0.890. The minimum absolute atomic E-state index is 0.0185. The minimum Gasteiger partial charge on any atom is -0.295 e. The molecular weight excluding hydrogens is 348 g/mol. The van der Waals surface area contributed by atoms with Gasteiger partial charge in [0, 0.05) is 4.47 Å². The first-order valence-electron chi connectivity index (χ1n) is 8.66. The van der Waals surface area contributed by atoms with E-state index in [4.69, 9.17) is 0 Å². The van der Waals surface area contributed by atoms with Crippen LogP contribution in [0, 0.1) is 11.8 Å². The van der Waals surface area contributed by atoms with E-state index in [1.807, 2.05) is 0 Å². The van der Waals surface area contributed by atoms with E-state index >= 15 is 0 Å². The molecule has 1 aliphatic rings. The van der Waals surface area contributed by atoms with E-state index in [0.29, 0.717) is 5.92 Å². The van der Waals surface area contributed by atoms with E-state index in [2.05, 4.69) is 74.5 Å². The van der Waals surface area contributed by atoms with Crippen molar-refractivity contribution in [3.63, 3.8) is 0 Å². The Labute approximate surface area is 151 Å². The number of carbonyl (C=O) groups is 1. The summed E-state index contributed by atoms with van der Waals surface area (Å²) in [6.45, 7) is 13.8. The highest BCUT2D eigenvalue weighted by Crippen LogP contribution is 2.28. The number of halogens is 1. The van der Waals surface area contributed by atoms with Crippen LogP contribution < -0.4 is 0 Å². The molecule has 0 saturated heterocycles. The van der Waals surface area contributed by atoms with Gasteiger partial charge in [-0.05, 0) is 48.4 Å². The van der Waals surface area contributed by atoms with Crippen LogP contribution in [0.4, 0.5) is 0 Å². The highest BCUT2D eigenvalue weighted by atomic mass is 79.9. The Morgan fingerprint density at radius 3 is 1.78 bits per heavy atom. The van der Waals surface area contributed by atoms with Crippen LogP contribution >= 0.6 is 15.9 Å². The van der Waals surface area contributed by atoms with Gasteiger partial charge in [0.1, 0.15) is 0 Å². The molecule has 2 atom stereocenters. The molecule has 1 aromatic rings. The van der Waals surface area contributed by atoms with Crippen LogP contribution in [0.5, 0.6) is 0 Å². The Kier molecular flexibility index (Phi) is 12.0. The van der Waals surface area contributed by atoms with Crippen LogP contribution in [-0.4, -0.2) is 5.78 Å². The lowest BCUT2D eigenvalue weighted by Gasteiger charge is -2.24. The van der Waals surface area contributed by atoms with E-state index < -0.39 is 0 Å². The molecule has 0 radical (unpaired) electrons. The monoisotopic (exact) mass is 380 g/mol. The number of benzene rings is 1. The molecule has 0 aliphatic heterocycles. The van der Waals surface area contributed by atoms with E-state index in [-0.39, 0.29) is 5.78 Å². The normalized spacial score (nSPS) is 19.8. The van der Waals surface area contributed by atoms with E-state index in [1.54, 1.807) is 0 Å². The molecule has 2 unspecified atom stereocenters. The number of ketones is 1. The van der Waals surface area contributed by atoms with Crippen molar-refractivity contribution in [2.75, 3.05) is 0 Å². The molecule has 1 aromatic carbocycles. The predicted molar refractivity (Wildman–Crippen MR) is 106 cm³/mol. The van der Waals surface area contributed by atoms with Gasteiger partial charge in [0.2, 0.25) is 0 Å². The van der Waals surface area contributed by atoms with E-state index in [0.717, 1.165) is 16.3 Å². The first-order valence-corrected chi connectivity index (χ1v) is 9.45. The summed E-state index contributed by atoms with van der Waals surface area (Å²) in [6.07, 6.45) is 7.18. The summed E-state index contributed by atoms with van der Waals surface area (Å²) in [5.74, 6) is 2.66. The van der Waals surface area contributed by atoms with Crippen LogP contribution in [0.3, 0.4) is 0 Å². The van der Waals surface area contributed by atoms with Gasteiger partial charge >= 0.3 is 0 Å². The van der Waals surface area contributed by atoms with Gasteiger partial charge in [0.25, 0.3) is 0 Å². The maximum Gasteiger partial charge on any atom is 0.152 e.